The molecule has 2 aromatic carbocycles. The zero-order chi connectivity index (χ0) is 20.1. The molecule has 28 heavy (non-hydrogen) atoms. The number of carbonyl (C=O) groups excluding carboxylic acids is 1. The highest BCUT2D eigenvalue weighted by Crippen LogP contribution is 2.34. The lowest BCUT2D eigenvalue weighted by Gasteiger charge is -2.12. The SMILES string of the molecule is COc1cc2ncnc(Nc3ccc(C(=O)NCC(=O)O)cc3)c2cc1OC. The van der Waals surface area contributed by atoms with Crippen LogP contribution in [0.15, 0.2) is 42.7 Å². The van der Waals surface area contributed by atoms with Crippen LogP contribution < -0.4 is 20.1 Å². The van der Waals surface area contributed by atoms with Gasteiger partial charge >= 0.3 is 5.97 Å². The molecule has 3 rings (SSSR count). The van der Waals surface area contributed by atoms with Gasteiger partial charge in [-0.2, -0.15) is 0 Å². The minimum atomic E-state index is -1.10. The maximum Gasteiger partial charge on any atom is 0.322 e. The van der Waals surface area contributed by atoms with Gasteiger partial charge in [-0.1, -0.05) is 0 Å². The number of hydrogen-bond donors (Lipinski definition) is 3. The molecule has 9 nitrogen and oxygen atoms in total. The van der Waals surface area contributed by atoms with Crippen LogP contribution >= 0.6 is 0 Å². The van der Waals surface area contributed by atoms with Gasteiger partial charge in [-0.05, 0) is 30.3 Å². The van der Waals surface area contributed by atoms with Gasteiger partial charge in [0.15, 0.2) is 11.5 Å². The molecule has 0 aliphatic heterocycles. The van der Waals surface area contributed by atoms with Gasteiger partial charge in [-0.15, -0.1) is 0 Å². The zero-order valence-electron chi connectivity index (χ0n) is 15.2. The van der Waals surface area contributed by atoms with E-state index >= 15 is 0 Å². The van der Waals surface area contributed by atoms with Crippen molar-refractivity contribution in [1.29, 1.82) is 0 Å². The smallest absolute Gasteiger partial charge is 0.322 e. The van der Waals surface area contributed by atoms with Crippen LogP contribution in [0.5, 0.6) is 11.5 Å². The number of benzene rings is 2. The van der Waals surface area contributed by atoms with E-state index in [-0.39, 0.29) is 0 Å². The summed E-state index contributed by atoms with van der Waals surface area (Å²) in [5.74, 6) is 0.122. The lowest BCUT2D eigenvalue weighted by atomic mass is 10.1. The summed E-state index contributed by atoms with van der Waals surface area (Å²) in [6, 6.07) is 10.1. The summed E-state index contributed by atoms with van der Waals surface area (Å²) in [6.07, 6.45) is 1.43. The first kappa shape index (κ1) is 18.9. The number of nitrogens with zero attached hydrogens (tertiary/aromatic N) is 2. The number of methoxy groups -OCH3 is 2. The van der Waals surface area contributed by atoms with Gasteiger partial charge in [0.05, 0.1) is 19.7 Å². The molecular weight excluding hydrogens is 364 g/mol. The Labute approximate surface area is 160 Å². The molecular formula is C19H18N4O5. The third-order valence-corrected chi connectivity index (χ3v) is 3.95. The molecule has 0 saturated carbocycles. The summed E-state index contributed by atoms with van der Waals surface area (Å²) in [7, 11) is 3.10. The number of anilines is 2. The lowest BCUT2D eigenvalue weighted by molar-refractivity contribution is -0.135. The van der Waals surface area contributed by atoms with Crippen LogP contribution in [0.1, 0.15) is 10.4 Å². The second-order valence-corrected chi connectivity index (χ2v) is 5.73. The maximum absolute atomic E-state index is 11.9. The molecule has 0 unspecified atom stereocenters. The predicted molar refractivity (Wildman–Crippen MR) is 102 cm³/mol. The first-order valence-corrected chi connectivity index (χ1v) is 8.25. The average molecular weight is 382 g/mol. The van der Waals surface area contributed by atoms with E-state index in [4.69, 9.17) is 14.6 Å². The summed E-state index contributed by atoms with van der Waals surface area (Å²) < 4.78 is 10.6. The van der Waals surface area contributed by atoms with E-state index in [0.29, 0.717) is 34.1 Å². The number of carbonyl (C=O) groups is 2. The number of carboxylic acid groups (broad SMARTS) is 1. The molecule has 0 aliphatic rings. The van der Waals surface area contributed by atoms with E-state index in [9.17, 15) is 9.59 Å². The number of amides is 1. The summed E-state index contributed by atoms with van der Waals surface area (Å²) in [5.41, 5.74) is 1.73. The van der Waals surface area contributed by atoms with Gasteiger partial charge in [0.25, 0.3) is 5.91 Å². The number of hydrogen-bond acceptors (Lipinski definition) is 7. The molecule has 0 aliphatic carbocycles. The molecule has 0 atom stereocenters. The fourth-order valence-electron chi connectivity index (χ4n) is 2.58. The topological polar surface area (TPSA) is 123 Å². The predicted octanol–water partition coefficient (Wildman–Crippen LogP) is 2.21. The Morgan fingerprint density at radius 3 is 2.36 bits per heavy atom. The Kier molecular flexibility index (Phi) is 5.54. The molecule has 0 spiro atoms. The van der Waals surface area contributed by atoms with Crippen molar-refractivity contribution in [2.75, 3.05) is 26.1 Å². The van der Waals surface area contributed by atoms with Crippen LogP contribution in [0, 0.1) is 0 Å². The van der Waals surface area contributed by atoms with Crippen molar-refractivity contribution >= 4 is 34.3 Å². The van der Waals surface area contributed by atoms with Crippen molar-refractivity contribution in [3.05, 3.63) is 48.3 Å². The Bertz CT molecular complexity index is 1020. The number of aromatic nitrogens is 2. The van der Waals surface area contributed by atoms with E-state index in [0.717, 1.165) is 5.39 Å². The number of aliphatic carboxylic acids is 1. The Balaban J connectivity index is 1.84. The Hall–Kier alpha value is -3.88. The van der Waals surface area contributed by atoms with Crippen LogP contribution in [0.25, 0.3) is 10.9 Å². The van der Waals surface area contributed by atoms with E-state index < -0.39 is 18.4 Å². The standard InChI is InChI=1S/C19H18N4O5/c1-27-15-7-13-14(8-16(15)28-2)21-10-22-18(13)23-12-5-3-11(4-6-12)19(26)20-9-17(24)25/h3-8,10H,9H2,1-2H3,(H,20,26)(H,24,25)(H,21,22,23). The Morgan fingerprint density at radius 1 is 1.04 bits per heavy atom. The summed E-state index contributed by atoms with van der Waals surface area (Å²) in [6.45, 7) is -0.433. The fraction of sp³-hybridized carbons (Fsp3) is 0.158. The maximum atomic E-state index is 11.9. The van der Waals surface area contributed by atoms with Gasteiger partial charge in [-0.25, -0.2) is 9.97 Å². The second kappa shape index (κ2) is 8.21. The third-order valence-electron chi connectivity index (χ3n) is 3.95. The molecule has 0 saturated heterocycles. The van der Waals surface area contributed by atoms with Crippen molar-refractivity contribution in [2.24, 2.45) is 0 Å². The molecule has 0 radical (unpaired) electrons. The highest BCUT2D eigenvalue weighted by atomic mass is 16.5. The van der Waals surface area contributed by atoms with E-state index in [1.54, 1.807) is 50.6 Å². The van der Waals surface area contributed by atoms with Crippen molar-refractivity contribution < 1.29 is 24.2 Å². The minimum Gasteiger partial charge on any atom is -0.493 e. The molecule has 9 heteroatoms. The normalized spacial score (nSPS) is 10.4. The highest BCUT2D eigenvalue weighted by Gasteiger charge is 2.12. The number of carboxylic acids is 1. The number of nitrogens with one attached hydrogen (secondary N) is 2. The highest BCUT2D eigenvalue weighted by molar-refractivity contribution is 5.96. The van der Waals surface area contributed by atoms with Crippen LogP contribution in [-0.2, 0) is 4.79 Å². The van der Waals surface area contributed by atoms with E-state index in [1.165, 1.54) is 6.33 Å². The summed E-state index contributed by atoms with van der Waals surface area (Å²) in [5, 5.41) is 14.8. The van der Waals surface area contributed by atoms with Crippen LogP contribution in [0.4, 0.5) is 11.5 Å². The van der Waals surface area contributed by atoms with Crippen LogP contribution in [-0.4, -0.2) is 47.7 Å². The minimum absolute atomic E-state index is 0.353. The average Bonchev–Trinajstić information content (AvgIpc) is 2.71. The first-order chi connectivity index (χ1) is 13.5. The summed E-state index contributed by atoms with van der Waals surface area (Å²) in [4.78, 5) is 30.9. The fourth-order valence-corrected chi connectivity index (χ4v) is 2.58. The molecule has 1 aromatic heterocycles. The molecule has 0 fully saturated rings. The largest absolute Gasteiger partial charge is 0.493 e. The zero-order valence-corrected chi connectivity index (χ0v) is 15.2. The second-order valence-electron chi connectivity index (χ2n) is 5.73. The van der Waals surface area contributed by atoms with Crippen LogP contribution in [0.2, 0.25) is 0 Å². The molecule has 3 N–H and O–H groups in total. The van der Waals surface area contributed by atoms with E-state index in [2.05, 4.69) is 20.6 Å². The molecule has 1 heterocycles. The van der Waals surface area contributed by atoms with Gasteiger partial charge in [0.2, 0.25) is 0 Å². The monoisotopic (exact) mass is 382 g/mol. The van der Waals surface area contributed by atoms with Gasteiger partial charge < -0.3 is 25.2 Å². The van der Waals surface area contributed by atoms with Crippen LogP contribution in [0.3, 0.4) is 0 Å². The van der Waals surface area contributed by atoms with Crippen molar-refractivity contribution in [3.8, 4) is 11.5 Å². The quantitative estimate of drug-likeness (QED) is 0.568. The first-order valence-electron chi connectivity index (χ1n) is 8.25. The van der Waals surface area contributed by atoms with Crippen molar-refractivity contribution in [3.63, 3.8) is 0 Å². The number of ether oxygens (including phenoxy) is 2. The molecule has 0 bridgehead atoms. The van der Waals surface area contributed by atoms with Gasteiger partial charge in [0, 0.05) is 22.7 Å². The molecule has 3 aromatic rings. The van der Waals surface area contributed by atoms with E-state index in [1.807, 2.05) is 0 Å². The molecule has 144 valence electrons. The summed E-state index contributed by atoms with van der Waals surface area (Å²) >= 11 is 0. The number of fused-ring (bicyclic) bond motifs is 1. The van der Waals surface area contributed by atoms with Gasteiger partial charge in [-0.3, -0.25) is 9.59 Å². The van der Waals surface area contributed by atoms with Crippen molar-refractivity contribution in [1.82, 2.24) is 15.3 Å². The van der Waals surface area contributed by atoms with Gasteiger partial charge in [0.1, 0.15) is 18.7 Å². The number of rotatable bonds is 7. The Morgan fingerprint density at radius 2 is 1.71 bits per heavy atom. The van der Waals surface area contributed by atoms with Crippen molar-refractivity contribution in [2.45, 2.75) is 0 Å². The third kappa shape index (κ3) is 4.09. The lowest BCUT2D eigenvalue weighted by Crippen LogP contribution is -2.29. The molecule has 1 amide bonds.